The van der Waals surface area contributed by atoms with Crippen LogP contribution in [0.2, 0.25) is 0 Å². The molecule has 0 fully saturated rings. The zero-order valence-corrected chi connectivity index (χ0v) is 15.1. The second-order valence-corrected chi connectivity index (χ2v) is 6.16. The minimum atomic E-state index is 0.0211. The third-order valence-corrected chi connectivity index (χ3v) is 4.58. The van der Waals surface area contributed by atoms with Crippen LogP contribution in [0.15, 0.2) is 52.6 Å². The minimum absolute atomic E-state index is 0.0211. The second-order valence-electron chi connectivity index (χ2n) is 6.16. The summed E-state index contributed by atoms with van der Waals surface area (Å²) >= 11 is 0. The topological polar surface area (TPSA) is 76.3 Å². The highest BCUT2D eigenvalue weighted by Gasteiger charge is 2.21. The highest BCUT2D eigenvalue weighted by Crippen LogP contribution is 2.44. The molecule has 0 unspecified atom stereocenters. The van der Waals surface area contributed by atoms with E-state index in [1.165, 1.54) is 12.7 Å². The number of phenolic OH excluding ortho intramolecular Hbond substituents is 1. The van der Waals surface area contributed by atoms with Crippen molar-refractivity contribution >= 4 is 28.4 Å². The molecule has 1 aliphatic rings. The fourth-order valence-electron chi connectivity index (χ4n) is 3.17. The van der Waals surface area contributed by atoms with Crippen LogP contribution < -0.4 is 9.47 Å². The maximum absolute atomic E-state index is 10.4. The number of phenols is 1. The largest absolute Gasteiger partial charge is 0.503 e. The molecule has 0 atom stereocenters. The second kappa shape index (κ2) is 7.07. The van der Waals surface area contributed by atoms with E-state index in [1.807, 2.05) is 30.3 Å². The SMILES string of the molecule is COc1ccc(CCN=C2C=Nc3c(O)c(OC)cc4ccnc2c34)cc1. The molecule has 0 saturated carbocycles. The quantitative estimate of drug-likeness (QED) is 0.752. The van der Waals surface area contributed by atoms with Crippen molar-refractivity contribution in [3.05, 3.63) is 53.9 Å². The van der Waals surface area contributed by atoms with Gasteiger partial charge in [0.25, 0.3) is 0 Å². The predicted octanol–water partition coefficient (Wildman–Crippen LogP) is 3.71. The van der Waals surface area contributed by atoms with Crippen molar-refractivity contribution in [2.75, 3.05) is 20.8 Å². The molecule has 1 aliphatic heterocycles. The molecule has 136 valence electrons. The molecule has 2 heterocycles. The van der Waals surface area contributed by atoms with Gasteiger partial charge >= 0.3 is 0 Å². The van der Waals surface area contributed by atoms with Crippen molar-refractivity contribution in [2.24, 2.45) is 9.98 Å². The molecule has 1 N–H and O–H groups in total. The van der Waals surface area contributed by atoms with E-state index in [2.05, 4.69) is 15.0 Å². The van der Waals surface area contributed by atoms with Gasteiger partial charge in [-0.1, -0.05) is 12.1 Å². The standard InChI is InChI=1S/C21H19N3O3/c1-26-15-5-3-13(4-6-15)7-9-22-16-12-24-20-18-14(8-10-23-19(16)18)11-17(27-2)21(20)25/h3-6,8,10-12,25H,7,9H2,1-2H3. The molecule has 0 bridgehead atoms. The number of benzene rings is 2. The lowest BCUT2D eigenvalue weighted by Crippen LogP contribution is -2.11. The van der Waals surface area contributed by atoms with Crippen LogP contribution in [0.3, 0.4) is 0 Å². The maximum Gasteiger partial charge on any atom is 0.184 e. The van der Waals surface area contributed by atoms with Gasteiger partial charge in [0.05, 0.1) is 26.1 Å². The van der Waals surface area contributed by atoms with Gasteiger partial charge in [-0.3, -0.25) is 9.98 Å². The summed E-state index contributed by atoms with van der Waals surface area (Å²) in [6.45, 7) is 0.614. The monoisotopic (exact) mass is 361 g/mol. The highest BCUT2D eigenvalue weighted by molar-refractivity contribution is 6.43. The number of ether oxygens (including phenoxy) is 2. The molecular formula is C21H19N3O3. The van der Waals surface area contributed by atoms with Crippen molar-refractivity contribution in [1.82, 2.24) is 4.98 Å². The molecule has 6 heteroatoms. The van der Waals surface area contributed by atoms with Crippen molar-refractivity contribution in [3.63, 3.8) is 0 Å². The van der Waals surface area contributed by atoms with Crippen LogP contribution in [0.1, 0.15) is 11.3 Å². The lowest BCUT2D eigenvalue weighted by Gasteiger charge is -2.16. The predicted molar refractivity (Wildman–Crippen MR) is 106 cm³/mol. The fraction of sp³-hybridized carbons (Fsp3) is 0.190. The molecule has 0 spiro atoms. The third kappa shape index (κ3) is 3.10. The van der Waals surface area contributed by atoms with E-state index in [1.54, 1.807) is 25.6 Å². The van der Waals surface area contributed by atoms with Crippen molar-refractivity contribution < 1.29 is 14.6 Å². The number of methoxy groups -OCH3 is 2. The number of hydrogen-bond donors (Lipinski definition) is 1. The summed E-state index contributed by atoms with van der Waals surface area (Å²) in [5.41, 5.74) is 3.10. The molecule has 3 aromatic rings. The van der Waals surface area contributed by atoms with E-state index >= 15 is 0 Å². The molecule has 4 rings (SSSR count). The Kier molecular flexibility index (Phi) is 4.46. The first-order valence-corrected chi connectivity index (χ1v) is 8.61. The van der Waals surface area contributed by atoms with E-state index in [4.69, 9.17) is 9.47 Å². The summed E-state index contributed by atoms with van der Waals surface area (Å²) in [6.07, 6.45) is 4.19. The van der Waals surface area contributed by atoms with Crippen LogP contribution >= 0.6 is 0 Å². The first kappa shape index (κ1) is 17.0. The van der Waals surface area contributed by atoms with Gasteiger partial charge in [0.15, 0.2) is 11.5 Å². The average Bonchev–Trinajstić information content (AvgIpc) is 2.72. The van der Waals surface area contributed by atoms with Gasteiger partial charge in [0.2, 0.25) is 0 Å². The fourth-order valence-corrected chi connectivity index (χ4v) is 3.17. The van der Waals surface area contributed by atoms with Crippen LogP contribution in [0, 0.1) is 0 Å². The molecule has 0 saturated heterocycles. The molecule has 27 heavy (non-hydrogen) atoms. The molecule has 0 radical (unpaired) electrons. The lowest BCUT2D eigenvalue weighted by molar-refractivity contribution is 0.375. The van der Waals surface area contributed by atoms with Gasteiger partial charge in [-0.25, -0.2) is 4.99 Å². The van der Waals surface area contributed by atoms with E-state index in [9.17, 15) is 5.11 Å². The number of aliphatic imine (C=N–C) groups is 2. The Hall–Kier alpha value is -3.41. The van der Waals surface area contributed by atoms with E-state index in [-0.39, 0.29) is 5.75 Å². The number of pyridine rings is 1. The zero-order chi connectivity index (χ0) is 18.8. The van der Waals surface area contributed by atoms with Gasteiger partial charge in [-0.2, -0.15) is 0 Å². The van der Waals surface area contributed by atoms with Crippen LogP contribution in [0.5, 0.6) is 17.2 Å². The minimum Gasteiger partial charge on any atom is -0.503 e. The summed E-state index contributed by atoms with van der Waals surface area (Å²) in [5.74, 6) is 1.26. The summed E-state index contributed by atoms with van der Waals surface area (Å²) in [7, 11) is 3.18. The summed E-state index contributed by atoms with van der Waals surface area (Å²) < 4.78 is 10.4. The molecule has 0 amide bonds. The number of aromatic nitrogens is 1. The zero-order valence-electron chi connectivity index (χ0n) is 15.1. The van der Waals surface area contributed by atoms with Gasteiger partial charge in [0, 0.05) is 18.1 Å². The van der Waals surface area contributed by atoms with Gasteiger partial charge in [-0.05, 0) is 41.6 Å². The van der Waals surface area contributed by atoms with Crippen LogP contribution in [0.25, 0.3) is 10.8 Å². The first-order valence-electron chi connectivity index (χ1n) is 8.61. The summed E-state index contributed by atoms with van der Waals surface area (Å²) in [4.78, 5) is 13.6. The Morgan fingerprint density at radius 3 is 2.63 bits per heavy atom. The van der Waals surface area contributed by atoms with Crippen LogP contribution in [0.4, 0.5) is 5.69 Å². The first-order chi connectivity index (χ1) is 13.2. The van der Waals surface area contributed by atoms with E-state index in [0.29, 0.717) is 23.7 Å². The summed E-state index contributed by atoms with van der Waals surface area (Å²) in [6, 6.07) is 11.6. The molecule has 2 aromatic carbocycles. The third-order valence-electron chi connectivity index (χ3n) is 4.58. The Bertz CT molecular complexity index is 1060. The molecule has 1 aromatic heterocycles. The maximum atomic E-state index is 10.4. The Morgan fingerprint density at radius 1 is 1.07 bits per heavy atom. The van der Waals surface area contributed by atoms with E-state index in [0.717, 1.165) is 28.6 Å². The molecular weight excluding hydrogens is 342 g/mol. The smallest absolute Gasteiger partial charge is 0.184 e. The van der Waals surface area contributed by atoms with Gasteiger partial charge in [0.1, 0.15) is 17.1 Å². The number of nitrogens with zero attached hydrogens (tertiary/aromatic N) is 3. The number of aromatic hydroxyl groups is 1. The number of rotatable bonds is 5. The Balaban J connectivity index is 1.64. The lowest BCUT2D eigenvalue weighted by atomic mass is 10.0. The highest BCUT2D eigenvalue weighted by atomic mass is 16.5. The van der Waals surface area contributed by atoms with Crippen molar-refractivity contribution in [1.29, 1.82) is 0 Å². The summed E-state index contributed by atoms with van der Waals surface area (Å²) in [5, 5.41) is 12.1. The van der Waals surface area contributed by atoms with E-state index < -0.39 is 0 Å². The van der Waals surface area contributed by atoms with Crippen molar-refractivity contribution in [3.8, 4) is 17.2 Å². The molecule has 6 nitrogen and oxygen atoms in total. The van der Waals surface area contributed by atoms with Crippen LogP contribution in [-0.2, 0) is 6.42 Å². The van der Waals surface area contributed by atoms with Crippen LogP contribution in [-0.4, -0.2) is 42.8 Å². The average molecular weight is 361 g/mol. The molecule has 0 aliphatic carbocycles. The van der Waals surface area contributed by atoms with Gasteiger partial charge < -0.3 is 14.6 Å². The Morgan fingerprint density at radius 2 is 1.89 bits per heavy atom. The van der Waals surface area contributed by atoms with Crippen molar-refractivity contribution in [2.45, 2.75) is 6.42 Å². The Labute approximate surface area is 156 Å². The normalized spacial score (nSPS) is 13.9. The number of hydrogen-bond acceptors (Lipinski definition) is 6. The van der Waals surface area contributed by atoms with Gasteiger partial charge in [-0.15, -0.1) is 0 Å².